The molecule has 0 saturated heterocycles. The van der Waals surface area contributed by atoms with Gasteiger partial charge in [0.15, 0.2) is 0 Å². The molecule has 14 heteroatoms. The van der Waals surface area contributed by atoms with Crippen molar-refractivity contribution >= 4 is 45.2 Å². The fourth-order valence-corrected chi connectivity index (χ4v) is 2.50. The van der Waals surface area contributed by atoms with E-state index in [-0.39, 0.29) is 6.92 Å². The van der Waals surface area contributed by atoms with E-state index in [1.807, 2.05) is 0 Å². The summed E-state index contributed by atoms with van der Waals surface area (Å²) in [6.45, 7) is 0.200. The Morgan fingerprint density at radius 3 is 1.12 bits per heavy atom. The summed E-state index contributed by atoms with van der Waals surface area (Å²) in [4.78, 5) is 0. The van der Waals surface area contributed by atoms with Crippen molar-refractivity contribution in [3.05, 3.63) is 0 Å². The maximum Gasteiger partial charge on any atom is 0.384 e. The molecule has 0 aliphatic rings. The van der Waals surface area contributed by atoms with Crippen LogP contribution in [0, 0.1) is 0 Å². The fraction of sp³-hybridized carbons (Fsp3) is 1.00. The van der Waals surface area contributed by atoms with Gasteiger partial charge in [-0.3, -0.25) is 0 Å². The standard InChI is InChI=1S/C10H8F12I2/c1-2-5(11,12)7(15,16)9(19,20)10(21,22)8(17,18)6(13,14)3-4(23)24/h4H,2-3H2,1H3. The summed E-state index contributed by atoms with van der Waals surface area (Å²) in [5.41, 5.74) is 0. The van der Waals surface area contributed by atoms with Gasteiger partial charge in [-0.1, -0.05) is 52.1 Å². The Morgan fingerprint density at radius 2 is 0.875 bits per heavy atom. The van der Waals surface area contributed by atoms with Gasteiger partial charge in [-0.15, -0.1) is 0 Å². The van der Waals surface area contributed by atoms with Gasteiger partial charge in [-0.05, 0) is 0 Å². The largest absolute Gasteiger partial charge is 0.384 e. The lowest BCUT2D eigenvalue weighted by molar-refractivity contribution is -0.425. The highest BCUT2D eigenvalue weighted by atomic mass is 127. The van der Waals surface area contributed by atoms with Gasteiger partial charge in [-0.2, -0.15) is 52.7 Å². The summed E-state index contributed by atoms with van der Waals surface area (Å²) >= 11 is 2.13. The Hall–Kier alpha value is 0.620. The van der Waals surface area contributed by atoms with Gasteiger partial charge in [-0.25, -0.2) is 0 Å². The third-order valence-corrected chi connectivity index (χ3v) is 3.84. The molecule has 0 bridgehead atoms. The summed E-state index contributed by atoms with van der Waals surface area (Å²) in [6.07, 6.45) is -4.19. The predicted molar refractivity (Wildman–Crippen MR) is 76.4 cm³/mol. The van der Waals surface area contributed by atoms with E-state index < -0.39 is 50.3 Å². The second-order valence-electron chi connectivity index (χ2n) is 4.66. The van der Waals surface area contributed by atoms with Crippen molar-refractivity contribution in [1.29, 1.82) is 0 Å². The Labute approximate surface area is 155 Å². The smallest absolute Gasteiger partial charge is 0.200 e. The minimum Gasteiger partial charge on any atom is -0.200 e. The molecule has 0 aliphatic heterocycles. The quantitative estimate of drug-likeness (QED) is 0.161. The van der Waals surface area contributed by atoms with E-state index >= 15 is 0 Å². The highest BCUT2D eigenvalue weighted by Crippen LogP contribution is 2.61. The molecule has 0 aromatic heterocycles. The van der Waals surface area contributed by atoms with Gasteiger partial charge in [0.2, 0.25) is 0 Å². The van der Waals surface area contributed by atoms with Crippen LogP contribution in [0.4, 0.5) is 52.7 Å². The van der Waals surface area contributed by atoms with Crippen molar-refractivity contribution in [2.45, 2.75) is 57.2 Å². The summed E-state index contributed by atoms with van der Waals surface area (Å²) in [5, 5.41) is 0. The van der Waals surface area contributed by atoms with Crippen LogP contribution >= 0.6 is 45.2 Å². The molecule has 0 aromatic carbocycles. The molecule has 0 unspecified atom stereocenters. The van der Waals surface area contributed by atoms with Crippen LogP contribution in [0.25, 0.3) is 0 Å². The zero-order valence-electron chi connectivity index (χ0n) is 11.3. The van der Waals surface area contributed by atoms with Crippen molar-refractivity contribution in [2.75, 3.05) is 0 Å². The molecule has 0 radical (unpaired) electrons. The third kappa shape index (κ3) is 3.68. The zero-order chi connectivity index (χ0) is 20.0. The van der Waals surface area contributed by atoms with Crippen LogP contribution in [-0.4, -0.2) is 37.5 Å². The first-order valence-corrected chi connectivity index (χ1v) is 8.27. The molecule has 0 saturated carbocycles. The molecule has 0 aromatic rings. The summed E-state index contributed by atoms with van der Waals surface area (Å²) in [5.74, 6) is -40.6. The molecule has 0 nitrogen and oxygen atoms in total. The van der Waals surface area contributed by atoms with Crippen LogP contribution in [0.2, 0.25) is 0 Å². The van der Waals surface area contributed by atoms with Crippen molar-refractivity contribution in [3.63, 3.8) is 0 Å². The molecule has 0 N–H and O–H groups in total. The first-order chi connectivity index (χ1) is 10.2. The monoisotopic (exact) mass is 610 g/mol. The van der Waals surface area contributed by atoms with Gasteiger partial charge in [0, 0.05) is 12.8 Å². The number of alkyl halides is 14. The lowest BCUT2D eigenvalue weighted by Gasteiger charge is -2.41. The molecule has 0 atom stereocenters. The maximum absolute atomic E-state index is 13.3. The normalized spacial score (nSPS) is 16.0. The van der Waals surface area contributed by atoms with Crippen LogP contribution < -0.4 is 0 Å². The van der Waals surface area contributed by atoms with Crippen molar-refractivity contribution in [2.24, 2.45) is 0 Å². The van der Waals surface area contributed by atoms with E-state index in [1.54, 1.807) is 0 Å². The topological polar surface area (TPSA) is 0 Å². The molecule has 0 fully saturated rings. The highest BCUT2D eigenvalue weighted by molar-refractivity contribution is 14.2. The summed E-state index contributed by atoms with van der Waals surface area (Å²) in [6, 6.07) is 0. The number of hydrogen-bond donors (Lipinski definition) is 0. The van der Waals surface area contributed by atoms with E-state index in [2.05, 4.69) is 0 Å². The summed E-state index contributed by atoms with van der Waals surface area (Å²) in [7, 11) is 0. The second-order valence-corrected chi connectivity index (χ2v) is 10.0. The molecule has 24 heavy (non-hydrogen) atoms. The van der Waals surface area contributed by atoms with E-state index in [1.165, 1.54) is 0 Å². The molecular formula is C10H8F12I2. The summed E-state index contributed by atoms with van der Waals surface area (Å²) < 4.78 is 157. The van der Waals surface area contributed by atoms with Crippen LogP contribution in [0.15, 0.2) is 0 Å². The Kier molecular flexibility index (Phi) is 7.16. The molecule has 146 valence electrons. The molecular weight excluding hydrogens is 602 g/mol. The van der Waals surface area contributed by atoms with Gasteiger partial charge < -0.3 is 0 Å². The van der Waals surface area contributed by atoms with Gasteiger partial charge in [0.05, 0.1) is 1.93 Å². The van der Waals surface area contributed by atoms with E-state index in [0.29, 0.717) is 0 Å². The first kappa shape index (κ1) is 24.6. The van der Waals surface area contributed by atoms with Gasteiger partial charge in [0.1, 0.15) is 0 Å². The van der Waals surface area contributed by atoms with Crippen LogP contribution in [0.1, 0.15) is 19.8 Å². The average molecular weight is 610 g/mol. The number of rotatable bonds is 8. The minimum absolute atomic E-state index is 0.200. The molecule has 0 spiro atoms. The Balaban J connectivity index is 6.20. The SMILES string of the molecule is CCC(F)(F)C(F)(F)C(F)(F)C(F)(F)C(F)(F)C(F)(F)CC(I)I. The minimum atomic E-state index is -7.45. The molecule has 0 aliphatic carbocycles. The van der Waals surface area contributed by atoms with Crippen molar-refractivity contribution in [3.8, 4) is 0 Å². The first-order valence-electron chi connectivity index (χ1n) is 5.78. The highest BCUT2D eigenvalue weighted by Gasteiger charge is 2.89. The van der Waals surface area contributed by atoms with Crippen LogP contribution in [0.3, 0.4) is 0 Å². The van der Waals surface area contributed by atoms with E-state index in [4.69, 9.17) is 0 Å². The van der Waals surface area contributed by atoms with Gasteiger partial charge in [0.25, 0.3) is 0 Å². The number of halogens is 14. The molecule has 0 rings (SSSR count). The number of hydrogen-bond acceptors (Lipinski definition) is 0. The maximum atomic E-state index is 13.3. The third-order valence-electron chi connectivity index (χ3n) is 2.96. The van der Waals surface area contributed by atoms with Crippen molar-refractivity contribution < 1.29 is 52.7 Å². The fourth-order valence-electron chi connectivity index (χ4n) is 1.40. The second kappa shape index (κ2) is 6.98. The van der Waals surface area contributed by atoms with Gasteiger partial charge >= 0.3 is 35.5 Å². The zero-order valence-corrected chi connectivity index (χ0v) is 15.6. The van der Waals surface area contributed by atoms with Crippen LogP contribution in [0.5, 0.6) is 0 Å². The van der Waals surface area contributed by atoms with Crippen molar-refractivity contribution in [1.82, 2.24) is 0 Å². The Morgan fingerprint density at radius 1 is 0.583 bits per heavy atom. The van der Waals surface area contributed by atoms with E-state index in [0.717, 1.165) is 45.2 Å². The average Bonchev–Trinajstić information content (AvgIpc) is 2.35. The predicted octanol–water partition coefficient (Wildman–Crippen LogP) is 6.79. The lowest BCUT2D eigenvalue weighted by atomic mass is 9.90. The van der Waals surface area contributed by atoms with Crippen LogP contribution in [-0.2, 0) is 0 Å². The van der Waals surface area contributed by atoms with E-state index in [9.17, 15) is 52.7 Å². The lowest BCUT2D eigenvalue weighted by Crippen LogP contribution is -2.70. The Bertz CT molecular complexity index is 445. The molecule has 0 heterocycles. The molecule has 0 amide bonds.